The van der Waals surface area contributed by atoms with Gasteiger partial charge in [-0.2, -0.15) is 0 Å². The van der Waals surface area contributed by atoms with E-state index in [1.165, 1.54) is 11.3 Å². The van der Waals surface area contributed by atoms with Crippen LogP contribution in [-0.4, -0.2) is 41.3 Å². The highest BCUT2D eigenvalue weighted by Crippen LogP contribution is 2.18. The van der Waals surface area contributed by atoms with Crippen LogP contribution >= 0.6 is 23.6 Å². The van der Waals surface area contributed by atoms with Gasteiger partial charge in [0.2, 0.25) is 5.13 Å². The molecule has 20 heavy (non-hydrogen) atoms. The van der Waals surface area contributed by atoms with Crippen molar-refractivity contribution in [2.75, 3.05) is 16.8 Å². The largest absolute Gasteiger partial charge is 0.359 e. The number of rotatable bonds is 4. The van der Waals surface area contributed by atoms with Crippen LogP contribution < -0.4 is 10.6 Å². The van der Waals surface area contributed by atoms with Crippen LogP contribution in [0.15, 0.2) is 0 Å². The van der Waals surface area contributed by atoms with Crippen LogP contribution in [0.5, 0.6) is 0 Å². The first kappa shape index (κ1) is 15.6. The molecule has 6 nitrogen and oxygen atoms in total. The summed E-state index contributed by atoms with van der Waals surface area (Å²) < 4.78 is 22.7. The summed E-state index contributed by atoms with van der Waals surface area (Å²) in [6, 6.07) is -0.108. The zero-order valence-corrected chi connectivity index (χ0v) is 13.9. The van der Waals surface area contributed by atoms with Crippen LogP contribution in [0.4, 0.5) is 5.13 Å². The molecule has 0 spiro atoms. The van der Waals surface area contributed by atoms with Gasteiger partial charge in [-0.3, -0.25) is 0 Å². The zero-order valence-electron chi connectivity index (χ0n) is 11.4. The van der Waals surface area contributed by atoms with Crippen molar-refractivity contribution in [2.24, 2.45) is 5.92 Å². The molecule has 0 saturated carbocycles. The summed E-state index contributed by atoms with van der Waals surface area (Å²) in [5.74, 6) is 0.901. The maximum atomic E-state index is 11.4. The average Bonchev–Trinajstić information content (AvgIpc) is 2.85. The Hall–Kier alpha value is -0.800. The molecule has 2 heterocycles. The summed E-state index contributed by atoms with van der Waals surface area (Å²) in [6.45, 7) is 4.25. The molecule has 1 saturated heterocycles. The van der Waals surface area contributed by atoms with E-state index in [1.807, 2.05) is 0 Å². The van der Waals surface area contributed by atoms with Gasteiger partial charge in [0.15, 0.2) is 14.9 Å². The molecule has 112 valence electrons. The third kappa shape index (κ3) is 4.64. The average molecular weight is 334 g/mol. The molecular formula is C11H18N4O2S3. The first-order valence-electron chi connectivity index (χ1n) is 6.44. The Balaban J connectivity index is 1.84. The quantitative estimate of drug-likeness (QED) is 0.801. The summed E-state index contributed by atoms with van der Waals surface area (Å²) in [5, 5.41) is 16.1. The van der Waals surface area contributed by atoms with E-state index in [2.05, 4.69) is 34.7 Å². The van der Waals surface area contributed by atoms with E-state index < -0.39 is 9.84 Å². The molecule has 1 aromatic heterocycles. The molecule has 1 atom stereocenters. The minimum Gasteiger partial charge on any atom is -0.359 e. The minimum absolute atomic E-state index is 0.108. The molecule has 0 aromatic carbocycles. The number of anilines is 1. The van der Waals surface area contributed by atoms with Crippen LogP contribution in [-0.2, 0) is 16.3 Å². The van der Waals surface area contributed by atoms with Gasteiger partial charge >= 0.3 is 0 Å². The van der Waals surface area contributed by atoms with E-state index in [0.29, 0.717) is 22.6 Å². The number of hydrogen-bond donors (Lipinski definition) is 2. The lowest BCUT2D eigenvalue weighted by atomic mass is 10.1. The molecule has 9 heteroatoms. The summed E-state index contributed by atoms with van der Waals surface area (Å²) >= 11 is 6.63. The molecule has 1 aliphatic heterocycles. The second-order valence-corrected chi connectivity index (χ2v) is 9.00. The van der Waals surface area contributed by atoms with Crippen molar-refractivity contribution < 1.29 is 8.42 Å². The van der Waals surface area contributed by atoms with Crippen molar-refractivity contribution >= 4 is 43.6 Å². The van der Waals surface area contributed by atoms with Gasteiger partial charge in [0.05, 0.1) is 11.5 Å². The Morgan fingerprint density at radius 3 is 2.85 bits per heavy atom. The highest BCUT2D eigenvalue weighted by Gasteiger charge is 2.28. The van der Waals surface area contributed by atoms with Crippen LogP contribution in [0.1, 0.15) is 25.3 Å². The summed E-state index contributed by atoms with van der Waals surface area (Å²) in [4.78, 5) is 0. The fourth-order valence-electron chi connectivity index (χ4n) is 1.96. The normalized spacial score (nSPS) is 21.1. The standard InChI is InChI=1S/C11H18N4O2S3/c1-7(2)5-9-14-15-11(19-9)13-10(18)12-8-3-4-20(16,17)6-8/h7-8H,3-6H2,1-2H3,(H2,12,13,15,18)/t8-/m0/s1. The molecule has 0 bridgehead atoms. The number of nitrogens with one attached hydrogen (secondary N) is 2. The van der Waals surface area contributed by atoms with Crippen molar-refractivity contribution in [3.05, 3.63) is 5.01 Å². The lowest BCUT2D eigenvalue weighted by molar-refractivity contribution is 0.600. The topological polar surface area (TPSA) is 84.0 Å². The van der Waals surface area contributed by atoms with Crippen molar-refractivity contribution in [2.45, 2.75) is 32.7 Å². The Kier molecular flexibility index (Phi) is 4.92. The van der Waals surface area contributed by atoms with Crippen molar-refractivity contribution in [3.8, 4) is 0 Å². The monoisotopic (exact) mass is 334 g/mol. The molecule has 0 aliphatic carbocycles. The molecule has 1 aromatic rings. The van der Waals surface area contributed by atoms with Gasteiger partial charge in [-0.1, -0.05) is 25.2 Å². The van der Waals surface area contributed by atoms with Gasteiger partial charge in [0, 0.05) is 12.5 Å². The van der Waals surface area contributed by atoms with Gasteiger partial charge in [0.25, 0.3) is 0 Å². The summed E-state index contributed by atoms with van der Waals surface area (Å²) in [6.07, 6.45) is 1.49. The fourth-order valence-corrected chi connectivity index (χ4v) is 4.92. The molecule has 0 radical (unpaired) electrons. The van der Waals surface area contributed by atoms with Gasteiger partial charge in [0.1, 0.15) is 5.01 Å². The molecule has 1 fully saturated rings. The zero-order chi connectivity index (χ0) is 14.8. The van der Waals surface area contributed by atoms with Crippen LogP contribution in [0, 0.1) is 5.92 Å². The van der Waals surface area contributed by atoms with Gasteiger partial charge < -0.3 is 10.6 Å². The Morgan fingerprint density at radius 1 is 1.50 bits per heavy atom. The number of hydrogen-bond acceptors (Lipinski definition) is 6. The lowest BCUT2D eigenvalue weighted by Gasteiger charge is -2.12. The van der Waals surface area contributed by atoms with E-state index in [0.717, 1.165) is 11.4 Å². The fraction of sp³-hybridized carbons (Fsp3) is 0.727. The number of nitrogens with zero attached hydrogens (tertiary/aromatic N) is 2. The minimum atomic E-state index is -2.90. The summed E-state index contributed by atoms with van der Waals surface area (Å²) in [5.41, 5.74) is 0. The number of aromatic nitrogens is 2. The van der Waals surface area contributed by atoms with E-state index >= 15 is 0 Å². The maximum absolute atomic E-state index is 11.4. The van der Waals surface area contributed by atoms with Crippen LogP contribution in [0.3, 0.4) is 0 Å². The summed E-state index contributed by atoms with van der Waals surface area (Å²) in [7, 11) is -2.90. The molecule has 2 N–H and O–H groups in total. The number of sulfone groups is 1. The third-order valence-electron chi connectivity index (χ3n) is 2.84. The van der Waals surface area contributed by atoms with Crippen molar-refractivity contribution in [1.82, 2.24) is 15.5 Å². The Labute approximate surface area is 128 Å². The van der Waals surface area contributed by atoms with Gasteiger partial charge in [-0.15, -0.1) is 10.2 Å². The van der Waals surface area contributed by atoms with E-state index in [1.54, 1.807) is 0 Å². The second-order valence-electron chi connectivity index (χ2n) is 5.30. The Morgan fingerprint density at radius 2 is 2.25 bits per heavy atom. The molecule has 0 unspecified atom stereocenters. The SMILES string of the molecule is CC(C)Cc1nnc(NC(=S)N[C@H]2CCS(=O)(=O)C2)s1. The van der Waals surface area contributed by atoms with E-state index in [4.69, 9.17) is 12.2 Å². The van der Waals surface area contributed by atoms with E-state index in [9.17, 15) is 8.42 Å². The molecular weight excluding hydrogens is 316 g/mol. The predicted octanol–water partition coefficient (Wildman–Crippen LogP) is 1.21. The van der Waals surface area contributed by atoms with Crippen molar-refractivity contribution in [3.63, 3.8) is 0 Å². The van der Waals surface area contributed by atoms with Crippen molar-refractivity contribution in [1.29, 1.82) is 0 Å². The van der Waals surface area contributed by atoms with Crippen LogP contribution in [0.2, 0.25) is 0 Å². The molecule has 2 rings (SSSR count). The number of thiocarbonyl (C=S) groups is 1. The van der Waals surface area contributed by atoms with Gasteiger partial charge in [-0.25, -0.2) is 8.42 Å². The van der Waals surface area contributed by atoms with Crippen LogP contribution in [0.25, 0.3) is 0 Å². The first-order valence-corrected chi connectivity index (χ1v) is 9.49. The Bertz CT molecular complexity index is 582. The smallest absolute Gasteiger partial charge is 0.211 e. The highest BCUT2D eigenvalue weighted by molar-refractivity contribution is 7.91. The molecule has 1 aliphatic rings. The van der Waals surface area contributed by atoms with Gasteiger partial charge in [-0.05, 0) is 24.6 Å². The predicted molar refractivity (Wildman–Crippen MR) is 84.9 cm³/mol. The lowest BCUT2D eigenvalue weighted by Crippen LogP contribution is -2.38. The second kappa shape index (κ2) is 6.31. The first-order chi connectivity index (χ1) is 9.34. The van der Waals surface area contributed by atoms with E-state index in [-0.39, 0.29) is 17.5 Å². The highest BCUT2D eigenvalue weighted by atomic mass is 32.2. The molecule has 0 amide bonds. The maximum Gasteiger partial charge on any atom is 0.211 e. The third-order valence-corrected chi connectivity index (χ3v) is 5.69.